The molecule has 0 aromatic heterocycles. The first-order valence-corrected chi connectivity index (χ1v) is 5.93. The van der Waals surface area contributed by atoms with Crippen LogP contribution in [0, 0.1) is 0 Å². The fourth-order valence-corrected chi connectivity index (χ4v) is 1.45. The van der Waals surface area contributed by atoms with E-state index >= 15 is 0 Å². The molecular weight excluding hydrogens is 248 g/mol. The number of ether oxygens (including phenoxy) is 3. The predicted molar refractivity (Wildman–Crippen MR) is 71.9 cm³/mol. The molecule has 1 rings (SSSR count). The van der Waals surface area contributed by atoms with Gasteiger partial charge in [-0.3, -0.25) is 4.79 Å². The Labute approximate surface area is 112 Å². The first kappa shape index (κ1) is 15.3. The fraction of sp³-hybridized carbons (Fsp3) is 0.462. The normalized spacial score (nSPS) is 10.2. The van der Waals surface area contributed by atoms with Crippen LogP contribution in [-0.2, 0) is 20.8 Å². The van der Waals surface area contributed by atoms with E-state index in [1.807, 2.05) is 6.07 Å². The minimum absolute atomic E-state index is 0.0228. The number of nitrogen functional groups attached to an aromatic ring is 1. The molecule has 0 radical (unpaired) electrons. The van der Waals surface area contributed by atoms with Crippen molar-refractivity contribution in [3.05, 3.63) is 23.8 Å². The van der Waals surface area contributed by atoms with Crippen molar-refractivity contribution in [2.24, 2.45) is 0 Å². The zero-order valence-electron chi connectivity index (χ0n) is 11.3. The van der Waals surface area contributed by atoms with E-state index in [0.717, 1.165) is 5.56 Å². The van der Waals surface area contributed by atoms with Crippen LogP contribution in [0.25, 0.3) is 0 Å². The first-order valence-electron chi connectivity index (χ1n) is 5.93. The van der Waals surface area contributed by atoms with Gasteiger partial charge in [0.1, 0.15) is 12.4 Å². The van der Waals surface area contributed by atoms with Gasteiger partial charge in [0.2, 0.25) is 5.91 Å². The summed E-state index contributed by atoms with van der Waals surface area (Å²) in [4.78, 5) is 11.5. The van der Waals surface area contributed by atoms with E-state index in [0.29, 0.717) is 31.2 Å². The summed E-state index contributed by atoms with van der Waals surface area (Å²) >= 11 is 0. The second-order valence-corrected chi connectivity index (χ2v) is 3.90. The molecule has 0 heterocycles. The Kier molecular flexibility index (Phi) is 6.70. The molecule has 0 unspecified atom stereocenters. The van der Waals surface area contributed by atoms with Gasteiger partial charge in [-0.25, -0.2) is 0 Å². The van der Waals surface area contributed by atoms with Crippen molar-refractivity contribution < 1.29 is 19.0 Å². The highest BCUT2D eigenvalue weighted by molar-refractivity contribution is 5.77. The van der Waals surface area contributed by atoms with Crippen molar-refractivity contribution in [2.75, 3.05) is 39.8 Å². The van der Waals surface area contributed by atoms with Gasteiger partial charge in [-0.1, -0.05) is 6.07 Å². The lowest BCUT2D eigenvalue weighted by Gasteiger charge is -2.09. The Hall–Kier alpha value is -1.79. The van der Waals surface area contributed by atoms with Gasteiger partial charge in [-0.05, 0) is 17.7 Å². The summed E-state index contributed by atoms with van der Waals surface area (Å²) in [6.45, 7) is 1.30. The molecule has 0 saturated carbocycles. The second kappa shape index (κ2) is 8.34. The molecule has 19 heavy (non-hydrogen) atoms. The van der Waals surface area contributed by atoms with Crippen LogP contribution in [0.1, 0.15) is 5.56 Å². The molecule has 6 heteroatoms. The van der Waals surface area contributed by atoms with Gasteiger partial charge in [-0.15, -0.1) is 0 Å². The number of rotatable bonds is 8. The van der Waals surface area contributed by atoms with Crippen molar-refractivity contribution >= 4 is 11.6 Å². The largest absolute Gasteiger partial charge is 0.495 e. The quantitative estimate of drug-likeness (QED) is 0.531. The van der Waals surface area contributed by atoms with Crippen molar-refractivity contribution in [2.45, 2.75) is 6.54 Å². The number of carbonyl (C=O) groups excluding carboxylic acids is 1. The molecule has 1 amide bonds. The third-order valence-electron chi connectivity index (χ3n) is 2.45. The Morgan fingerprint density at radius 2 is 2.11 bits per heavy atom. The number of amides is 1. The number of carbonyl (C=O) groups is 1. The summed E-state index contributed by atoms with van der Waals surface area (Å²) < 4.78 is 15.0. The number of benzene rings is 1. The van der Waals surface area contributed by atoms with Gasteiger partial charge in [0.15, 0.2) is 0 Å². The van der Waals surface area contributed by atoms with Crippen LogP contribution in [0.4, 0.5) is 5.69 Å². The van der Waals surface area contributed by atoms with Gasteiger partial charge in [-0.2, -0.15) is 0 Å². The molecule has 0 spiro atoms. The van der Waals surface area contributed by atoms with Crippen molar-refractivity contribution in [3.8, 4) is 5.75 Å². The van der Waals surface area contributed by atoms with Crippen molar-refractivity contribution in [1.29, 1.82) is 0 Å². The SMILES string of the molecule is COCCOCC(=O)NCc1ccc(OC)c(N)c1. The van der Waals surface area contributed by atoms with E-state index in [1.54, 1.807) is 26.4 Å². The monoisotopic (exact) mass is 268 g/mol. The smallest absolute Gasteiger partial charge is 0.246 e. The molecule has 0 bridgehead atoms. The van der Waals surface area contributed by atoms with Crippen LogP contribution in [-0.4, -0.2) is 39.9 Å². The highest BCUT2D eigenvalue weighted by Crippen LogP contribution is 2.21. The maximum Gasteiger partial charge on any atom is 0.246 e. The Balaban J connectivity index is 2.32. The molecule has 0 aliphatic carbocycles. The lowest BCUT2D eigenvalue weighted by molar-refractivity contribution is -0.126. The van der Waals surface area contributed by atoms with Crippen LogP contribution < -0.4 is 15.8 Å². The topological polar surface area (TPSA) is 82.8 Å². The van der Waals surface area contributed by atoms with Crippen molar-refractivity contribution in [3.63, 3.8) is 0 Å². The molecule has 3 N–H and O–H groups in total. The third-order valence-corrected chi connectivity index (χ3v) is 2.45. The molecule has 0 fully saturated rings. The van der Waals surface area contributed by atoms with Gasteiger partial charge in [0.25, 0.3) is 0 Å². The number of hydrogen-bond acceptors (Lipinski definition) is 5. The standard InChI is InChI=1S/C13H20N2O4/c1-17-5-6-19-9-13(16)15-8-10-3-4-12(18-2)11(14)7-10/h3-4,7H,5-6,8-9,14H2,1-2H3,(H,15,16). The highest BCUT2D eigenvalue weighted by Gasteiger charge is 2.04. The summed E-state index contributed by atoms with van der Waals surface area (Å²) in [6.07, 6.45) is 0. The third kappa shape index (κ3) is 5.58. The van der Waals surface area contributed by atoms with Crippen LogP contribution in [0.5, 0.6) is 5.75 Å². The van der Waals surface area contributed by atoms with E-state index in [2.05, 4.69) is 5.32 Å². The lowest BCUT2D eigenvalue weighted by atomic mass is 10.2. The fourth-order valence-electron chi connectivity index (χ4n) is 1.45. The molecule has 0 saturated heterocycles. The number of nitrogens with two attached hydrogens (primary N) is 1. The maximum atomic E-state index is 11.5. The predicted octanol–water partition coefficient (Wildman–Crippen LogP) is 0.557. The lowest BCUT2D eigenvalue weighted by Crippen LogP contribution is -2.27. The number of anilines is 1. The van der Waals surface area contributed by atoms with Gasteiger partial charge in [0.05, 0.1) is 26.0 Å². The molecular formula is C13H20N2O4. The Bertz CT molecular complexity index is 410. The zero-order chi connectivity index (χ0) is 14.1. The highest BCUT2D eigenvalue weighted by atomic mass is 16.5. The Morgan fingerprint density at radius 1 is 1.32 bits per heavy atom. The first-order chi connectivity index (χ1) is 9.17. The van der Waals surface area contributed by atoms with Gasteiger partial charge in [0, 0.05) is 13.7 Å². The maximum absolute atomic E-state index is 11.5. The molecule has 0 atom stereocenters. The van der Waals surface area contributed by atoms with E-state index in [-0.39, 0.29) is 12.5 Å². The molecule has 1 aromatic rings. The van der Waals surface area contributed by atoms with Crippen molar-refractivity contribution in [1.82, 2.24) is 5.32 Å². The Morgan fingerprint density at radius 3 is 2.74 bits per heavy atom. The molecule has 0 aliphatic heterocycles. The summed E-state index contributed by atoms with van der Waals surface area (Å²) in [5.74, 6) is 0.448. The minimum atomic E-state index is -0.175. The van der Waals surface area contributed by atoms with Gasteiger partial charge < -0.3 is 25.3 Å². The minimum Gasteiger partial charge on any atom is -0.495 e. The number of nitrogens with one attached hydrogen (secondary N) is 1. The average Bonchev–Trinajstić information content (AvgIpc) is 2.41. The van der Waals surface area contributed by atoms with E-state index in [4.69, 9.17) is 19.9 Å². The van der Waals surface area contributed by atoms with Crippen LogP contribution in [0.3, 0.4) is 0 Å². The zero-order valence-corrected chi connectivity index (χ0v) is 11.3. The average molecular weight is 268 g/mol. The second-order valence-electron chi connectivity index (χ2n) is 3.90. The molecule has 1 aromatic carbocycles. The number of methoxy groups -OCH3 is 2. The summed E-state index contributed by atoms with van der Waals surface area (Å²) in [6, 6.07) is 5.39. The molecule has 0 aliphatic rings. The van der Waals surface area contributed by atoms with Crippen LogP contribution in [0.15, 0.2) is 18.2 Å². The number of hydrogen-bond donors (Lipinski definition) is 2. The van der Waals surface area contributed by atoms with Gasteiger partial charge >= 0.3 is 0 Å². The van der Waals surface area contributed by atoms with E-state index < -0.39 is 0 Å². The summed E-state index contributed by atoms with van der Waals surface area (Å²) in [5.41, 5.74) is 7.23. The van der Waals surface area contributed by atoms with E-state index in [1.165, 1.54) is 0 Å². The molecule has 6 nitrogen and oxygen atoms in total. The molecule has 106 valence electrons. The van der Waals surface area contributed by atoms with Crippen LogP contribution in [0.2, 0.25) is 0 Å². The van der Waals surface area contributed by atoms with E-state index in [9.17, 15) is 4.79 Å². The summed E-state index contributed by atoms with van der Waals surface area (Å²) in [7, 11) is 3.14. The summed E-state index contributed by atoms with van der Waals surface area (Å²) in [5, 5.41) is 2.74. The van der Waals surface area contributed by atoms with Crippen LogP contribution >= 0.6 is 0 Å².